The van der Waals surface area contributed by atoms with Crippen molar-refractivity contribution in [1.29, 1.82) is 0 Å². The van der Waals surface area contributed by atoms with E-state index in [0.29, 0.717) is 12.6 Å². The first-order valence-electron chi connectivity index (χ1n) is 9.47. The fourth-order valence-electron chi connectivity index (χ4n) is 3.39. The van der Waals surface area contributed by atoms with Gasteiger partial charge in [0.15, 0.2) is 0 Å². The van der Waals surface area contributed by atoms with Gasteiger partial charge in [-0.3, -0.25) is 0 Å². The number of hydrogen-bond donors (Lipinski definition) is 1. The van der Waals surface area contributed by atoms with Crippen LogP contribution in [0.15, 0.2) is 42.6 Å². The van der Waals surface area contributed by atoms with Gasteiger partial charge in [-0.2, -0.15) is 0 Å². The summed E-state index contributed by atoms with van der Waals surface area (Å²) in [4.78, 5) is 9.06. The van der Waals surface area contributed by atoms with E-state index in [-0.39, 0.29) is 0 Å². The average molecular weight is 370 g/mol. The van der Waals surface area contributed by atoms with Crippen molar-refractivity contribution >= 4 is 11.5 Å². The lowest BCUT2D eigenvalue weighted by Crippen LogP contribution is -2.32. The number of anilines is 2. The quantitative estimate of drug-likeness (QED) is 0.732. The zero-order valence-electron chi connectivity index (χ0n) is 16.5. The summed E-state index contributed by atoms with van der Waals surface area (Å²) in [5.41, 5.74) is 2.38. The normalized spacial score (nSPS) is 16.6. The maximum Gasteiger partial charge on any atom is 0.142 e. The first-order chi connectivity index (χ1) is 13.2. The van der Waals surface area contributed by atoms with Crippen LogP contribution < -0.4 is 19.9 Å². The molecule has 27 heavy (non-hydrogen) atoms. The molecule has 1 N–H and O–H groups in total. The number of pyridine rings is 1. The summed E-state index contributed by atoms with van der Waals surface area (Å²) in [6, 6.07) is 12.9. The molecule has 1 aliphatic rings. The van der Waals surface area contributed by atoms with Crippen LogP contribution in [0.25, 0.3) is 0 Å². The summed E-state index contributed by atoms with van der Waals surface area (Å²) in [5, 5.41) is 3.66. The Morgan fingerprint density at radius 2 is 2.07 bits per heavy atom. The fraction of sp³-hybridized carbons (Fsp3) is 0.476. The number of nitrogens with one attached hydrogen (secondary N) is 1. The third-order valence-corrected chi connectivity index (χ3v) is 5.04. The summed E-state index contributed by atoms with van der Waals surface area (Å²) in [6.45, 7) is 4.40. The van der Waals surface area contributed by atoms with Crippen molar-refractivity contribution in [3.05, 3.63) is 48.2 Å². The molecule has 1 aliphatic heterocycles. The lowest BCUT2D eigenvalue weighted by atomic mass is 10.2. The molecule has 1 atom stereocenters. The van der Waals surface area contributed by atoms with Crippen LogP contribution in [0.4, 0.5) is 11.5 Å². The number of benzene rings is 1. The molecule has 2 heterocycles. The molecule has 0 saturated carbocycles. The van der Waals surface area contributed by atoms with Crippen molar-refractivity contribution in [2.45, 2.75) is 19.0 Å². The van der Waals surface area contributed by atoms with E-state index in [0.717, 1.165) is 44.2 Å². The summed E-state index contributed by atoms with van der Waals surface area (Å²) >= 11 is 0. The van der Waals surface area contributed by atoms with Gasteiger partial charge in [-0.05, 0) is 30.2 Å². The summed E-state index contributed by atoms with van der Waals surface area (Å²) in [6.07, 6.45) is 3.09. The Labute approximate surface area is 162 Å². The van der Waals surface area contributed by atoms with Gasteiger partial charge in [-0.15, -0.1) is 0 Å². The van der Waals surface area contributed by atoms with Crippen molar-refractivity contribution in [2.75, 3.05) is 57.3 Å². The van der Waals surface area contributed by atoms with Crippen LogP contribution in [0, 0.1) is 0 Å². The van der Waals surface area contributed by atoms with Crippen LogP contribution in [0.1, 0.15) is 12.0 Å². The molecule has 0 aliphatic carbocycles. The maximum absolute atomic E-state index is 5.50. The Bertz CT molecular complexity index is 708. The molecule has 6 nitrogen and oxygen atoms in total. The maximum atomic E-state index is 5.50. The van der Waals surface area contributed by atoms with Crippen molar-refractivity contribution in [2.24, 2.45) is 0 Å². The van der Waals surface area contributed by atoms with E-state index in [4.69, 9.17) is 9.47 Å². The highest BCUT2D eigenvalue weighted by Crippen LogP contribution is 2.30. The van der Waals surface area contributed by atoms with Crippen LogP contribution in [0.3, 0.4) is 0 Å². The first kappa shape index (κ1) is 19.5. The molecule has 2 aromatic rings. The molecule has 1 fully saturated rings. The van der Waals surface area contributed by atoms with Crippen molar-refractivity contribution < 1.29 is 9.47 Å². The van der Waals surface area contributed by atoms with E-state index in [1.165, 1.54) is 11.3 Å². The first-order valence-corrected chi connectivity index (χ1v) is 9.47. The Morgan fingerprint density at radius 1 is 1.22 bits per heavy atom. The minimum atomic E-state index is 0.471. The van der Waals surface area contributed by atoms with E-state index >= 15 is 0 Å². The van der Waals surface area contributed by atoms with Crippen molar-refractivity contribution in [3.63, 3.8) is 0 Å². The fourth-order valence-corrected chi connectivity index (χ4v) is 3.39. The monoisotopic (exact) mass is 370 g/mol. The number of para-hydroxylation sites is 2. The lowest BCUT2D eigenvalue weighted by Gasteiger charge is -2.21. The van der Waals surface area contributed by atoms with Gasteiger partial charge < -0.3 is 24.6 Å². The van der Waals surface area contributed by atoms with Gasteiger partial charge in [0.2, 0.25) is 0 Å². The minimum absolute atomic E-state index is 0.471. The van der Waals surface area contributed by atoms with E-state index < -0.39 is 0 Å². The summed E-state index contributed by atoms with van der Waals surface area (Å²) < 4.78 is 10.6. The Balaban J connectivity index is 1.49. The number of rotatable bonds is 9. The number of aromatic nitrogens is 1. The standard InChI is InChI=1S/C21H30N4O2/c1-24(12-13-26-2)21-9-8-17(15-23-21)14-22-18-10-11-25(16-18)19-6-4-5-7-20(19)27-3/h4-9,15,18,22H,10-14,16H2,1-3H3/t18-/m0/s1. The summed E-state index contributed by atoms with van der Waals surface area (Å²) in [7, 11) is 5.48. The second-order valence-electron chi connectivity index (χ2n) is 6.92. The van der Waals surface area contributed by atoms with E-state index in [9.17, 15) is 0 Å². The molecule has 0 bridgehead atoms. The number of methoxy groups -OCH3 is 2. The Morgan fingerprint density at radius 3 is 2.81 bits per heavy atom. The number of hydrogen-bond acceptors (Lipinski definition) is 6. The topological polar surface area (TPSA) is 49.9 Å². The second-order valence-corrected chi connectivity index (χ2v) is 6.92. The minimum Gasteiger partial charge on any atom is -0.495 e. The molecule has 0 unspecified atom stereocenters. The van der Waals surface area contributed by atoms with Gasteiger partial charge in [-0.1, -0.05) is 18.2 Å². The van der Waals surface area contributed by atoms with Gasteiger partial charge >= 0.3 is 0 Å². The van der Waals surface area contributed by atoms with Crippen LogP contribution in [0.5, 0.6) is 5.75 Å². The third kappa shape index (κ3) is 5.11. The zero-order chi connectivity index (χ0) is 19.1. The third-order valence-electron chi connectivity index (χ3n) is 5.04. The average Bonchev–Trinajstić information content (AvgIpc) is 3.19. The number of ether oxygens (including phenoxy) is 2. The molecule has 0 spiro atoms. The van der Waals surface area contributed by atoms with Crippen LogP contribution in [-0.4, -0.2) is 58.5 Å². The molecule has 6 heteroatoms. The van der Waals surface area contributed by atoms with E-state index in [2.05, 4.69) is 44.4 Å². The highest BCUT2D eigenvalue weighted by Gasteiger charge is 2.24. The SMILES string of the molecule is COCCN(C)c1ccc(CN[C@H]2CCN(c3ccccc3OC)C2)cn1. The predicted molar refractivity (Wildman–Crippen MR) is 110 cm³/mol. The van der Waals surface area contributed by atoms with Crippen molar-refractivity contribution in [3.8, 4) is 5.75 Å². The molecule has 1 aromatic carbocycles. The highest BCUT2D eigenvalue weighted by atomic mass is 16.5. The Kier molecular flexibility index (Phi) is 6.90. The molecule has 146 valence electrons. The van der Waals surface area contributed by atoms with Gasteiger partial charge in [0.05, 0.1) is 19.4 Å². The number of likely N-dealkylation sites (N-methyl/N-ethyl adjacent to an activating group) is 1. The highest BCUT2D eigenvalue weighted by molar-refractivity contribution is 5.59. The van der Waals surface area contributed by atoms with Crippen LogP contribution in [-0.2, 0) is 11.3 Å². The molecule has 3 rings (SSSR count). The van der Waals surface area contributed by atoms with Gasteiger partial charge in [-0.25, -0.2) is 4.98 Å². The Hall–Kier alpha value is -2.31. The second kappa shape index (κ2) is 9.58. The van der Waals surface area contributed by atoms with E-state index in [1.54, 1.807) is 14.2 Å². The molecule has 0 amide bonds. The molecular weight excluding hydrogens is 340 g/mol. The molecular formula is C21H30N4O2. The predicted octanol–water partition coefficient (Wildman–Crippen LogP) is 2.54. The lowest BCUT2D eigenvalue weighted by molar-refractivity contribution is 0.206. The largest absolute Gasteiger partial charge is 0.495 e. The van der Waals surface area contributed by atoms with Gasteiger partial charge in [0.25, 0.3) is 0 Å². The smallest absolute Gasteiger partial charge is 0.142 e. The molecule has 1 aromatic heterocycles. The molecule has 1 saturated heterocycles. The molecule has 0 radical (unpaired) electrons. The van der Waals surface area contributed by atoms with Gasteiger partial charge in [0, 0.05) is 52.6 Å². The van der Waals surface area contributed by atoms with Gasteiger partial charge in [0.1, 0.15) is 11.6 Å². The van der Waals surface area contributed by atoms with Crippen molar-refractivity contribution in [1.82, 2.24) is 10.3 Å². The van der Waals surface area contributed by atoms with E-state index in [1.807, 2.05) is 25.4 Å². The number of nitrogens with zero attached hydrogens (tertiary/aromatic N) is 3. The summed E-state index contributed by atoms with van der Waals surface area (Å²) in [5.74, 6) is 1.91. The van der Waals surface area contributed by atoms with Crippen LogP contribution in [0.2, 0.25) is 0 Å². The van der Waals surface area contributed by atoms with Crippen LogP contribution >= 0.6 is 0 Å². The zero-order valence-corrected chi connectivity index (χ0v) is 16.5.